The fraction of sp³-hybridized carbons (Fsp3) is 0.412. The van der Waals surface area contributed by atoms with Crippen molar-refractivity contribution >= 4 is 23.3 Å². The van der Waals surface area contributed by atoms with Gasteiger partial charge in [-0.3, -0.25) is 9.59 Å². The van der Waals surface area contributed by atoms with Gasteiger partial charge < -0.3 is 14.5 Å². The number of hydrogen-bond acceptors (Lipinski definition) is 6. The van der Waals surface area contributed by atoms with Gasteiger partial charge >= 0.3 is 5.97 Å². The van der Waals surface area contributed by atoms with Gasteiger partial charge in [-0.15, -0.1) is 0 Å². The molecule has 0 radical (unpaired) electrons. The standard InChI is InChI=1S/C34H36F3N5O3/c1-5-45-32(43)13-23-24-17-40(18-25(23)24)34(44)29-14-30-38-28(22-11-26(35)33(37)27(36)12-22)15-31(42(30)39-29)41(16-19(2)3)20(4)21-9-7-6-8-10-21/h6-12,14-15,19-20,23-25H,5,13,16-18H2,1-4H3/t20-,23?,24-,25?/m0/s1. The molecule has 1 saturated heterocycles. The highest BCUT2D eigenvalue weighted by Crippen LogP contribution is 2.53. The highest BCUT2D eigenvalue weighted by Gasteiger charge is 2.57. The fourth-order valence-corrected chi connectivity index (χ4v) is 6.57. The molecule has 1 saturated carbocycles. The predicted octanol–water partition coefficient (Wildman–Crippen LogP) is 6.31. The van der Waals surface area contributed by atoms with Crippen molar-refractivity contribution in [3.8, 4) is 11.3 Å². The van der Waals surface area contributed by atoms with Crippen LogP contribution in [0.3, 0.4) is 0 Å². The van der Waals surface area contributed by atoms with Gasteiger partial charge in [0.05, 0.1) is 18.3 Å². The van der Waals surface area contributed by atoms with E-state index in [1.165, 1.54) is 0 Å². The molecule has 6 rings (SSSR count). The van der Waals surface area contributed by atoms with Gasteiger partial charge in [0.1, 0.15) is 5.82 Å². The van der Waals surface area contributed by atoms with Crippen LogP contribution < -0.4 is 4.90 Å². The maximum atomic E-state index is 14.3. The van der Waals surface area contributed by atoms with Gasteiger partial charge in [-0.2, -0.15) is 9.61 Å². The normalized spacial score (nSPS) is 19.6. The average Bonchev–Trinajstić information content (AvgIpc) is 3.34. The number of likely N-dealkylation sites (tertiary alicyclic amines) is 1. The molecule has 11 heteroatoms. The number of benzene rings is 2. The third kappa shape index (κ3) is 6.00. The first-order valence-electron chi connectivity index (χ1n) is 15.4. The minimum Gasteiger partial charge on any atom is -0.466 e. The summed E-state index contributed by atoms with van der Waals surface area (Å²) < 4.78 is 49.2. The lowest BCUT2D eigenvalue weighted by molar-refractivity contribution is -0.143. The number of hydrogen-bond donors (Lipinski definition) is 0. The summed E-state index contributed by atoms with van der Waals surface area (Å²) in [5.41, 5.74) is 1.83. The Hall–Kier alpha value is -4.41. The van der Waals surface area contributed by atoms with Crippen LogP contribution in [0.4, 0.5) is 19.0 Å². The summed E-state index contributed by atoms with van der Waals surface area (Å²) in [6, 6.07) is 14.8. The van der Waals surface area contributed by atoms with Crippen molar-refractivity contribution in [3.63, 3.8) is 0 Å². The summed E-state index contributed by atoms with van der Waals surface area (Å²) in [7, 11) is 0. The van der Waals surface area contributed by atoms with Crippen LogP contribution in [0, 0.1) is 41.1 Å². The minimum atomic E-state index is -1.55. The number of fused-ring (bicyclic) bond motifs is 2. The van der Waals surface area contributed by atoms with Crippen molar-refractivity contribution < 1.29 is 27.5 Å². The Labute approximate surface area is 259 Å². The van der Waals surface area contributed by atoms with Crippen LogP contribution >= 0.6 is 0 Å². The molecule has 236 valence electrons. The molecule has 0 bridgehead atoms. The molecule has 45 heavy (non-hydrogen) atoms. The van der Waals surface area contributed by atoms with E-state index in [9.17, 15) is 22.8 Å². The molecule has 0 spiro atoms. The maximum Gasteiger partial charge on any atom is 0.306 e. The number of esters is 1. The molecular formula is C34H36F3N5O3. The Kier molecular flexibility index (Phi) is 8.28. The molecule has 4 atom stereocenters. The second kappa shape index (κ2) is 12.2. The molecule has 1 amide bonds. The SMILES string of the molecule is CCOC(=O)CC1C2CN(C(=O)c3cc4nc(-c5cc(F)c(F)c(F)c5)cc(N(CC(C)C)[C@@H](C)c5ccccc5)n4n3)C[C@@H]12. The number of rotatable bonds is 10. The number of ether oxygens (including phenoxy) is 1. The number of anilines is 1. The summed E-state index contributed by atoms with van der Waals surface area (Å²) in [5, 5.41) is 4.72. The average molecular weight is 620 g/mol. The minimum absolute atomic E-state index is 0.0633. The lowest BCUT2D eigenvalue weighted by Gasteiger charge is -2.33. The van der Waals surface area contributed by atoms with Crippen LogP contribution in [0.2, 0.25) is 0 Å². The van der Waals surface area contributed by atoms with Crippen LogP contribution in [-0.4, -0.2) is 57.6 Å². The van der Waals surface area contributed by atoms with E-state index in [1.807, 2.05) is 30.3 Å². The van der Waals surface area contributed by atoms with Crippen LogP contribution in [0.5, 0.6) is 0 Å². The van der Waals surface area contributed by atoms with Crippen molar-refractivity contribution in [1.29, 1.82) is 0 Å². The second-order valence-corrected chi connectivity index (χ2v) is 12.4. The third-order valence-electron chi connectivity index (χ3n) is 8.88. The number of carbonyl (C=O) groups excluding carboxylic acids is 2. The Morgan fingerprint density at radius 3 is 2.29 bits per heavy atom. The zero-order valence-electron chi connectivity index (χ0n) is 25.7. The van der Waals surface area contributed by atoms with E-state index < -0.39 is 17.5 Å². The third-order valence-corrected chi connectivity index (χ3v) is 8.88. The van der Waals surface area contributed by atoms with E-state index in [-0.39, 0.29) is 58.5 Å². The monoisotopic (exact) mass is 619 g/mol. The largest absolute Gasteiger partial charge is 0.466 e. The summed E-state index contributed by atoms with van der Waals surface area (Å²) in [6.07, 6.45) is 0.367. The van der Waals surface area contributed by atoms with E-state index in [1.54, 1.807) is 28.5 Å². The first-order valence-corrected chi connectivity index (χ1v) is 15.4. The number of piperidine rings is 1. The molecule has 4 aromatic rings. The molecule has 8 nitrogen and oxygen atoms in total. The zero-order chi connectivity index (χ0) is 32.0. The highest BCUT2D eigenvalue weighted by atomic mass is 19.2. The fourth-order valence-electron chi connectivity index (χ4n) is 6.57. The smallest absolute Gasteiger partial charge is 0.306 e. The molecule has 2 aliphatic rings. The lowest BCUT2D eigenvalue weighted by Crippen LogP contribution is -2.33. The van der Waals surface area contributed by atoms with Gasteiger partial charge in [0, 0.05) is 43.8 Å². The van der Waals surface area contributed by atoms with E-state index in [0.717, 1.165) is 17.7 Å². The first kappa shape index (κ1) is 30.6. The Morgan fingerprint density at radius 2 is 1.67 bits per heavy atom. The highest BCUT2D eigenvalue weighted by molar-refractivity contribution is 5.94. The number of halogens is 3. The van der Waals surface area contributed by atoms with Gasteiger partial charge in [-0.05, 0) is 55.2 Å². The Balaban J connectivity index is 1.38. The maximum absolute atomic E-state index is 14.3. The van der Waals surface area contributed by atoms with Crippen LogP contribution in [0.1, 0.15) is 56.2 Å². The number of amides is 1. The zero-order valence-corrected chi connectivity index (χ0v) is 25.7. The topological polar surface area (TPSA) is 80.0 Å². The number of carbonyl (C=O) groups is 2. The van der Waals surface area contributed by atoms with Gasteiger partial charge in [0.2, 0.25) is 0 Å². The quantitative estimate of drug-likeness (QED) is 0.153. The second-order valence-electron chi connectivity index (χ2n) is 12.4. The van der Waals surface area contributed by atoms with Crippen molar-refractivity contribution in [1.82, 2.24) is 19.5 Å². The number of aromatic nitrogens is 3. The Bertz CT molecular complexity index is 1710. The summed E-state index contributed by atoms with van der Waals surface area (Å²) in [6.45, 7) is 10.0. The number of nitrogens with zero attached hydrogens (tertiary/aromatic N) is 5. The van der Waals surface area contributed by atoms with Crippen molar-refractivity contribution in [2.75, 3.05) is 31.1 Å². The van der Waals surface area contributed by atoms with Crippen molar-refractivity contribution in [3.05, 3.63) is 83.3 Å². The van der Waals surface area contributed by atoms with Crippen LogP contribution in [-0.2, 0) is 9.53 Å². The van der Waals surface area contributed by atoms with Gasteiger partial charge in [0.15, 0.2) is 28.8 Å². The lowest BCUT2D eigenvalue weighted by atomic mass is 10.0. The van der Waals surface area contributed by atoms with Crippen molar-refractivity contribution in [2.24, 2.45) is 23.7 Å². The molecule has 2 aromatic heterocycles. The molecule has 1 aliphatic carbocycles. The van der Waals surface area contributed by atoms with Crippen LogP contribution in [0.25, 0.3) is 16.9 Å². The van der Waals surface area contributed by atoms with Gasteiger partial charge in [-0.25, -0.2) is 18.2 Å². The van der Waals surface area contributed by atoms with Gasteiger partial charge in [-0.1, -0.05) is 44.2 Å². The molecule has 0 N–H and O–H groups in total. The van der Waals surface area contributed by atoms with E-state index in [0.29, 0.717) is 44.1 Å². The predicted molar refractivity (Wildman–Crippen MR) is 163 cm³/mol. The first-order chi connectivity index (χ1) is 21.5. The van der Waals surface area contributed by atoms with E-state index >= 15 is 0 Å². The van der Waals surface area contributed by atoms with Crippen molar-refractivity contribution in [2.45, 2.75) is 40.2 Å². The molecule has 3 heterocycles. The summed E-state index contributed by atoms with van der Waals surface area (Å²) in [4.78, 5) is 34.1. The van der Waals surface area contributed by atoms with Crippen LogP contribution in [0.15, 0.2) is 54.6 Å². The summed E-state index contributed by atoms with van der Waals surface area (Å²) >= 11 is 0. The molecular weight excluding hydrogens is 583 g/mol. The van der Waals surface area contributed by atoms with E-state index in [2.05, 4.69) is 30.7 Å². The summed E-state index contributed by atoms with van der Waals surface area (Å²) in [5.74, 6) is -3.11. The van der Waals surface area contributed by atoms with Gasteiger partial charge in [0.25, 0.3) is 5.91 Å². The molecule has 2 aromatic carbocycles. The molecule has 1 aliphatic heterocycles. The van der Waals surface area contributed by atoms with E-state index in [4.69, 9.17) is 9.84 Å². The molecule has 2 unspecified atom stereocenters. The Morgan fingerprint density at radius 1 is 1.00 bits per heavy atom. The molecule has 2 fully saturated rings.